The van der Waals surface area contributed by atoms with Gasteiger partial charge in [0.15, 0.2) is 0 Å². The van der Waals surface area contributed by atoms with Crippen LogP contribution in [0, 0.1) is 0 Å². The van der Waals surface area contributed by atoms with Gasteiger partial charge < -0.3 is 9.47 Å². The molecule has 0 N–H and O–H groups in total. The topological polar surface area (TPSA) is 52.6 Å². The van der Waals surface area contributed by atoms with Crippen LogP contribution < -0.4 is 0 Å². The summed E-state index contributed by atoms with van der Waals surface area (Å²) in [5.74, 6) is 0.629. The molecule has 0 atom stereocenters. The SMILES string of the molecule is C1CSCS1.CC1(C)OC(=O)CC(=O)O1. The molecular weight excluding hydrogens is 236 g/mol. The van der Waals surface area contributed by atoms with E-state index in [1.807, 2.05) is 23.5 Å². The molecule has 2 heterocycles. The summed E-state index contributed by atoms with van der Waals surface area (Å²) in [6, 6.07) is 0. The highest BCUT2D eigenvalue weighted by Crippen LogP contribution is 2.20. The summed E-state index contributed by atoms with van der Waals surface area (Å²) in [4.78, 5) is 21.1. The van der Waals surface area contributed by atoms with Gasteiger partial charge >= 0.3 is 11.9 Å². The van der Waals surface area contributed by atoms with Gasteiger partial charge in [0.1, 0.15) is 6.42 Å². The van der Waals surface area contributed by atoms with Crippen molar-refractivity contribution in [3.05, 3.63) is 0 Å². The first-order chi connectivity index (χ1) is 6.99. The Labute approximate surface area is 97.4 Å². The van der Waals surface area contributed by atoms with Gasteiger partial charge in [-0.2, -0.15) is 23.5 Å². The van der Waals surface area contributed by atoms with Gasteiger partial charge in [-0.05, 0) is 0 Å². The third-order valence-electron chi connectivity index (χ3n) is 1.55. The van der Waals surface area contributed by atoms with E-state index in [1.165, 1.54) is 30.4 Å². The smallest absolute Gasteiger partial charge is 0.320 e. The lowest BCUT2D eigenvalue weighted by Crippen LogP contribution is -2.39. The zero-order chi connectivity index (χ0) is 11.3. The normalized spacial score (nSPS) is 23.6. The van der Waals surface area contributed by atoms with Gasteiger partial charge in [0.25, 0.3) is 5.79 Å². The molecule has 2 saturated heterocycles. The van der Waals surface area contributed by atoms with E-state index in [2.05, 4.69) is 9.47 Å². The van der Waals surface area contributed by atoms with Crippen molar-refractivity contribution >= 4 is 35.5 Å². The third-order valence-corrected chi connectivity index (χ3v) is 4.12. The van der Waals surface area contributed by atoms with Crippen LogP contribution in [0.25, 0.3) is 0 Å². The number of esters is 2. The Kier molecular flexibility index (Phi) is 4.79. The van der Waals surface area contributed by atoms with Crippen LogP contribution in [0.4, 0.5) is 0 Å². The van der Waals surface area contributed by atoms with Crippen LogP contribution in [0.1, 0.15) is 20.3 Å². The van der Waals surface area contributed by atoms with Crippen LogP contribution in [-0.4, -0.2) is 34.3 Å². The summed E-state index contributed by atoms with van der Waals surface area (Å²) >= 11 is 4.07. The fraction of sp³-hybridized carbons (Fsp3) is 0.778. The number of rotatable bonds is 0. The monoisotopic (exact) mass is 250 g/mol. The lowest BCUT2D eigenvalue weighted by molar-refractivity contribution is -0.231. The number of hydrogen-bond acceptors (Lipinski definition) is 6. The van der Waals surface area contributed by atoms with Gasteiger partial charge in [0, 0.05) is 30.4 Å². The Balaban J connectivity index is 0.000000187. The second kappa shape index (κ2) is 5.65. The maximum absolute atomic E-state index is 10.6. The summed E-state index contributed by atoms with van der Waals surface area (Å²) in [7, 11) is 0. The number of carbonyl (C=O) groups is 2. The fourth-order valence-corrected chi connectivity index (χ4v) is 3.41. The molecule has 6 heteroatoms. The van der Waals surface area contributed by atoms with E-state index >= 15 is 0 Å². The van der Waals surface area contributed by atoms with Crippen molar-refractivity contribution in [3.8, 4) is 0 Å². The van der Waals surface area contributed by atoms with E-state index in [-0.39, 0.29) is 6.42 Å². The van der Waals surface area contributed by atoms with Crippen LogP contribution in [0.5, 0.6) is 0 Å². The maximum Gasteiger partial charge on any atom is 0.320 e. The predicted octanol–water partition coefficient (Wildman–Crippen LogP) is 1.64. The average molecular weight is 250 g/mol. The number of ether oxygens (including phenoxy) is 2. The molecule has 86 valence electrons. The minimum Gasteiger partial charge on any atom is -0.423 e. The summed E-state index contributed by atoms with van der Waals surface area (Å²) in [5, 5.41) is 1.33. The van der Waals surface area contributed by atoms with Crippen LogP contribution in [-0.2, 0) is 19.1 Å². The molecule has 0 aliphatic carbocycles. The summed E-state index contributed by atoms with van der Waals surface area (Å²) in [5.41, 5.74) is 0. The zero-order valence-electron chi connectivity index (χ0n) is 8.78. The van der Waals surface area contributed by atoms with Crippen LogP contribution >= 0.6 is 23.5 Å². The predicted molar refractivity (Wildman–Crippen MR) is 60.7 cm³/mol. The van der Waals surface area contributed by atoms with Crippen molar-refractivity contribution in [3.63, 3.8) is 0 Å². The molecule has 0 aromatic heterocycles. The second-order valence-corrected chi connectivity index (χ2v) is 6.03. The fourth-order valence-electron chi connectivity index (χ4n) is 1.05. The minimum absolute atomic E-state index is 0.274. The molecule has 0 saturated carbocycles. The van der Waals surface area contributed by atoms with Gasteiger partial charge in [-0.15, -0.1) is 0 Å². The molecule has 0 spiro atoms. The Morgan fingerprint density at radius 3 is 1.80 bits per heavy atom. The molecule has 15 heavy (non-hydrogen) atoms. The van der Waals surface area contributed by atoms with Gasteiger partial charge in [-0.25, -0.2) is 0 Å². The molecule has 0 unspecified atom stereocenters. The molecule has 0 radical (unpaired) electrons. The number of thioether (sulfide) groups is 2. The van der Waals surface area contributed by atoms with Crippen LogP contribution in [0.2, 0.25) is 0 Å². The molecule has 0 amide bonds. The molecule has 2 aliphatic rings. The van der Waals surface area contributed by atoms with Crippen molar-refractivity contribution in [2.24, 2.45) is 0 Å². The van der Waals surface area contributed by atoms with Crippen molar-refractivity contribution in [1.29, 1.82) is 0 Å². The van der Waals surface area contributed by atoms with Crippen LogP contribution in [0.15, 0.2) is 0 Å². The number of hydrogen-bond donors (Lipinski definition) is 0. The maximum atomic E-state index is 10.6. The Bertz CT molecular complexity index is 223. The van der Waals surface area contributed by atoms with E-state index in [0.29, 0.717) is 0 Å². The lowest BCUT2D eigenvalue weighted by atomic mass is 10.3. The number of cyclic esters (lactones) is 2. The van der Waals surface area contributed by atoms with Gasteiger partial charge in [-0.3, -0.25) is 9.59 Å². The first-order valence-electron chi connectivity index (χ1n) is 4.59. The van der Waals surface area contributed by atoms with Gasteiger partial charge in [-0.1, -0.05) is 0 Å². The Morgan fingerprint density at radius 2 is 1.53 bits per heavy atom. The van der Waals surface area contributed by atoms with Crippen molar-refractivity contribution in [1.82, 2.24) is 0 Å². The average Bonchev–Trinajstić information content (AvgIpc) is 2.53. The van der Waals surface area contributed by atoms with Gasteiger partial charge in [0.2, 0.25) is 0 Å². The highest BCUT2D eigenvalue weighted by atomic mass is 32.2. The quantitative estimate of drug-likeness (QED) is 0.481. The van der Waals surface area contributed by atoms with Crippen molar-refractivity contribution in [2.45, 2.75) is 26.1 Å². The van der Waals surface area contributed by atoms with E-state index < -0.39 is 17.7 Å². The summed E-state index contributed by atoms with van der Waals surface area (Å²) in [6.07, 6.45) is -0.274. The summed E-state index contributed by atoms with van der Waals surface area (Å²) < 4.78 is 9.32. The molecule has 0 bridgehead atoms. The highest BCUT2D eigenvalue weighted by Gasteiger charge is 2.34. The molecule has 4 nitrogen and oxygen atoms in total. The minimum atomic E-state index is -1.08. The van der Waals surface area contributed by atoms with Crippen molar-refractivity contribution < 1.29 is 19.1 Å². The highest BCUT2D eigenvalue weighted by molar-refractivity contribution is 8.19. The summed E-state index contributed by atoms with van der Waals surface area (Å²) in [6.45, 7) is 3.03. The van der Waals surface area contributed by atoms with E-state index in [0.717, 1.165) is 0 Å². The second-order valence-electron chi connectivity index (χ2n) is 3.46. The van der Waals surface area contributed by atoms with E-state index in [9.17, 15) is 9.59 Å². The standard InChI is InChI=1S/C6H8O4.C3H6S2/c1-6(2)9-4(7)3-5(8)10-6;1-2-5-3-4-1/h3H2,1-2H3;1-3H2. The molecule has 2 fully saturated rings. The first kappa shape index (κ1) is 12.7. The first-order valence-corrected chi connectivity index (χ1v) is 6.90. The van der Waals surface area contributed by atoms with E-state index in [4.69, 9.17) is 0 Å². The lowest BCUT2D eigenvalue weighted by Gasteiger charge is -2.28. The molecule has 0 aromatic carbocycles. The number of carbonyl (C=O) groups excluding carboxylic acids is 2. The Hall–Kier alpha value is -0.360. The Morgan fingerprint density at radius 1 is 1.07 bits per heavy atom. The van der Waals surface area contributed by atoms with E-state index in [1.54, 1.807) is 0 Å². The molecule has 2 rings (SSSR count). The zero-order valence-corrected chi connectivity index (χ0v) is 10.4. The van der Waals surface area contributed by atoms with Crippen LogP contribution in [0.3, 0.4) is 0 Å². The van der Waals surface area contributed by atoms with Crippen molar-refractivity contribution in [2.75, 3.05) is 16.6 Å². The molecule has 0 aromatic rings. The van der Waals surface area contributed by atoms with Gasteiger partial charge in [0.05, 0.1) is 0 Å². The molecule has 2 aliphatic heterocycles. The largest absolute Gasteiger partial charge is 0.423 e. The molecular formula is C9H14O4S2. The third kappa shape index (κ3) is 5.32.